The van der Waals surface area contributed by atoms with E-state index in [4.69, 9.17) is 9.84 Å². The van der Waals surface area contributed by atoms with Gasteiger partial charge >= 0.3 is 6.09 Å². The molecule has 1 N–H and O–H groups in total. The van der Waals surface area contributed by atoms with E-state index in [-0.39, 0.29) is 10.9 Å². The summed E-state index contributed by atoms with van der Waals surface area (Å²) in [6, 6.07) is -0.258. The monoisotopic (exact) mass is 358 g/mol. The topological polar surface area (TPSA) is 105 Å². The number of likely N-dealkylation sites (N-methyl/N-ethyl adjacent to an activating group) is 1. The molecule has 2 fully saturated rings. The number of ether oxygens (including phenoxy) is 1. The summed E-state index contributed by atoms with van der Waals surface area (Å²) >= 11 is 0. The molecule has 1 spiro atoms. The van der Waals surface area contributed by atoms with Crippen LogP contribution in [-0.2, 0) is 21.8 Å². The summed E-state index contributed by atoms with van der Waals surface area (Å²) in [7, 11) is -0.389. The largest absolute Gasteiger partial charge is 0.465 e. The molecule has 0 radical (unpaired) electrons. The van der Waals surface area contributed by atoms with E-state index < -0.39 is 21.7 Å². The molecule has 24 heavy (non-hydrogen) atoms. The zero-order valence-electron chi connectivity index (χ0n) is 13.8. The lowest BCUT2D eigenvalue weighted by Crippen LogP contribution is -2.46. The average Bonchev–Trinajstić information content (AvgIpc) is 3.14. The fraction of sp³-hybridized carbons (Fsp3) is 0.714. The maximum atomic E-state index is 12.7. The SMILES string of the molecule is CN([C@H]1COC2(CCN(C(=O)O)CC2)C1)S(=O)(=O)c1cnn(C)c1. The van der Waals surface area contributed by atoms with E-state index >= 15 is 0 Å². The highest BCUT2D eigenvalue weighted by molar-refractivity contribution is 7.89. The predicted molar refractivity (Wildman–Crippen MR) is 84.1 cm³/mol. The van der Waals surface area contributed by atoms with Crippen LogP contribution in [0.25, 0.3) is 0 Å². The first-order valence-corrected chi connectivity index (χ1v) is 9.26. The van der Waals surface area contributed by atoms with E-state index in [1.54, 1.807) is 14.1 Å². The summed E-state index contributed by atoms with van der Waals surface area (Å²) in [6.07, 6.45) is 3.66. The van der Waals surface area contributed by atoms with Crippen LogP contribution in [0.5, 0.6) is 0 Å². The first-order valence-electron chi connectivity index (χ1n) is 7.82. The van der Waals surface area contributed by atoms with Crippen LogP contribution < -0.4 is 0 Å². The zero-order chi connectivity index (χ0) is 17.5. The third kappa shape index (κ3) is 3.01. The molecule has 9 nitrogen and oxygen atoms in total. The number of piperidine rings is 1. The van der Waals surface area contributed by atoms with Gasteiger partial charge in [-0.15, -0.1) is 0 Å². The van der Waals surface area contributed by atoms with E-state index in [0.29, 0.717) is 39.0 Å². The molecule has 3 heterocycles. The van der Waals surface area contributed by atoms with Crippen LogP contribution in [0.2, 0.25) is 0 Å². The molecule has 2 saturated heterocycles. The molecular formula is C14H22N4O5S. The fourth-order valence-corrected chi connectivity index (χ4v) is 4.73. The standard InChI is InChI=1S/C14H22N4O5S/c1-16-9-12(8-15-16)24(21,22)17(2)11-7-14(23-10-11)3-5-18(6-4-14)13(19)20/h8-9,11H,3-7,10H2,1-2H3,(H,19,20)/t11-/m1/s1. The highest BCUT2D eigenvalue weighted by atomic mass is 32.2. The minimum Gasteiger partial charge on any atom is -0.465 e. The van der Waals surface area contributed by atoms with Crippen LogP contribution in [-0.4, -0.2) is 77.0 Å². The van der Waals surface area contributed by atoms with Crippen LogP contribution in [0.15, 0.2) is 17.3 Å². The summed E-state index contributed by atoms with van der Waals surface area (Å²) < 4.78 is 34.1. The van der Waals surface area contributed by atoms with Gasteiger partial charge in [0.05, 0.1) is 24.4 Å². The Morgan fingerprint density at radius 1 is 1.46 bits per heavy atom. The maximum absolute atomic E-state index is 12.7. The van der Waals surface area contributed by atoms with Gasteiger partial charge in [0.1, 0.15) is 4.90 Å². The van der Waals surface area contributed by atoms with Crippen molar-refractivity contribution in [3.63, 3.8) is 0 Å². The van der Waals surface area contributed by atoms with Gasteiger partial charge in [-0.3, -0.25) is 4.68 Å². The van der Waals surface area contributed by atoms with Gasteiger partial charge in [-0.2, -0.15) is 9.40 Å². The van der Waals surface area contributed by atoms with E-state index in [1.807, 2.05) is 0 Å². The van der Waals surface area contributed by atoms with Crippen molar-refractivity contribution in [2.24, 2.45) is 7.05 Å². The van der Waals surface area contributed by atoms with Crippen molar-refractivity contribution in [1.82, 2.24) is 19.0 Å². The number of likely N-dealkylation sites (tertiary alicyclic amines) is 1. The van der Waals surface area contributed by atoms with Gasteiger partial charge < -0.3 is 14.7 Å². The molecule has 0 bridgehead atoms. The van der Waals surface area contributed by atoms with Crippen molar-refractivity contribution in [1.29, 1.82) is 0 Å². The highest BCUT2D eigenvalue weighted by Crippen LogP contribution is 2.38. The lowest BCUT2D eigenvalue weighted by atomic mass is 9.87. The minimum atomic E-state index is -3.62. The first kappa shape index (κ1) is 17.2. The molecule has 1 aromatic rings. The van der Waals surface area contributed by atoms with Crippen molar-refractivity contribution in [2.45, 2.75) is 35.8 Å². The second-order valence-electron chi connectivity index (χ2n) is 6.49. The number of rotatable bonds is 3. The Morgan fingerprint density at radius 3 is 2.67 bits per heavy atom. The quantitative estimate of drug-likeness (QED) is 0.835. The lowest BCUT2D eigenvalue weighted by Gasteiger charge is -2.37. The Kier molecular flexibility index (Phi) is 4.30. The molecule has 0 aliphatic carbocycles. The number of hydrogen-bond donors (Lipinski definition) is 1. The third-order valence-electron chi connectivity index (χ3n) is 5.01. The summed E-state index contributed by atoms with van der Waals surface area (Å²) in [4.78, 5) is 12.5. The number of sulfonamides is 1. The number of hydrogen-bond acceptors (Lipinski definition) is 5. The molecule has 0 saturated carbocycles. The Bertz CT molecular complexity index is 723. The first-order chi connectivity index (χ1) is 11.2. The molecule has 134 valence electrons. The molecule has 1 atom stereocenters. The number of carboxylic acid groups (broad SMARTS) is 1. The molecule has 0 aromatic carbocycles. The average molecular weight is 358 g/mol. The van der Waals surface area contributed by atoms with Crippen LogP contribution in [0.4, 0.5) is 4.79 Å². The normalized spacial score (nSPS) is 24.0. The van der Waals surface area contributed by atoms with E-state index in [9.17, 15) is 13.2 Å². The fourth-order valence-electron chi connectivity index (χ4n) is 3.40. The van der Waals surface area contributed by atoms with E-state index in [2.05, 4.69) is 5.10 Å². The number of aromatic nitrogens is 2. The number of nitrogens with zero attached hydrogens (tertiary/aromatic N) is 4. The molecular weight excluding hydrogens is 336 g/mol. The van der Waals surface area contributed by atoms with Gasteiger partial charge in [0.25, 0.3) is 0 Å². The second-order valence-corrected chi connectivity index (χ2v) is 8.49. The Labute approximate surface area is 140 Å². The van der Waals surface area contributed by atoms with Crippen molar-refractivity contribution in [3.8, 4) is 0 Å². The Hall–Kier alpha value is -1.65. The van der Waals surface area contributed by atoms with Crippen LogP contribution in [0, 0.1) is 0 Å². The Morgan fingerprint density at radius 2 is 2.12 bits per heavy atom. The van der Waals surface area contributed by atoms with Crippen molar-refractivity contribution >= 4 is 16.1 Å². The predicted octanol–water partition coefficient (Wildman–Crippen LogP) is 0.342. The summed E-state index contributed by atoms with van der Waals surface area (Å²) in [5.41, 5.74) is -0.421. The number of amides is 1. The number of aryl methyl sites for hydroxylation is 1. The maximum Gasteiger partial charge on any atom is 0.407 e. The molecule has 3 rings (SSSR count). The van der Waals surface area contributed by atoms with Crippen molar-refractivity contribution in [2.75, 3.05) is 26.7 Å². The highest BCUT2D eigenvalue weighted by Gasteiger charge is 2.46. The van der Waals surface area contributed by atoms with Gasteiger partial charge in [0.2, 0.25) is 10.0 Å². The molecule has 0 unspecified atom stereocenters. The molecule has 1 amide bonds. The molecule has 2 aliphatic rings. The van der Waals surface area contributed by atoms with Gasteiger partial charge in [0.15, 0.2) is 0 Å². The van der Waals surface area contributed by atoms with Gasteiger partial charge in [-0.05, 0) is 19.3 Å². The van der Waals surface area contributed by atoms with E-state index in [1.165, 1.54) is 26.3 Å². The van der Waals surface area contributed by atoms with E-state index in [0.717, 1.165) is 0 Å². The zero-order valence-corrected chi connectivity index (χ0v) is 14.6. The molecule has 1 aromatic heterocycles. The van der Waals surface area contributed by atoms with Gasteiger partial charge in [-0.25, -0.2) is 13.2 Å². The van der Waals surface area contributed by atoms with Gasteiger partial charge in [0, 0.05) is 33.4 Å². The summed E-state index contributed by atoms with van der Waals surface area (Å²) in [6.45, 7) is 1.16. The smallest absolute Gasteiger partial charge is 0.407 e. The van der Waals surface area contributed by atoms with Crippen LogP contribution >= 0.6 is 0 Å². The van der Waals surface area contributed by atoms with Crippen molar-refractivity contribution < 1.29 is 23.1 Å². The summed E-state index contributed by atoms with van der Waals surface area (Å²) in [5.74, 6) is 0. The van der Waals surface area contributed by atoms with Crippen LogP contribution in [0.3, 0.4) is 0 Å². The summed E-state index contributed by atoms with van der Waals surface area (Å²) in [5, 5.41) is 13.0. The lowest BCUT2D eigenvalue weighted by molar-refractivity contribution is -0.0396. The number of carbonyl (C=O) groups is 1. The van der Waals surface area contributed by atoms with Crippen LogP contribution in [0.1, 0.15) is 19.3 Å². The minimum absolute atomic E-state index is 0.161. The van der Waals surface area contributed by atoms with Crippen molar-refractivity contribution in [3.05, 3.63) is 12.4 Å². The Balaban J connectivity index is 1.68. The second kappa shape index (κ2) is 6.01. The molecule has 2 aliphatic heterocycles. The van der Waals surface area contributed by atoms with Gasteiger partial charge in [-0.1, -0.05) is 0 Å². The third-order valence-corrected chi connectivity index (χ3v) is 6.87. The molecule has 10 heteroatoms.